The van der Waals surface area contributed by atoms with Crippen molar-refractivity contribution in [2.45, 2.75) is 0 Å². The highest BCUT2D eigenvalue weighted by Gasteiger charge is 2.23. The van der Waals surface area contributed by atoms with E-state index in [-0.39, 0.29) is 0 Å². The Morgan fingerprint density at radius 1 is 0.373 bits per heavy atom. The van der Waals surface area contributed by atoms with E-state index < -0.39 is 0 Å². The monoisotopic (exact) mass is 654 g/mol. The fourth-order valence-electron chi connectivity index (χ4n) is 7.68. The van der Waals surface area contributed by atoms with E-state index in [2.05, 4.69) is 83.4 Å². The number of hydrogen-bond acceptors (Lipinski definition) is 5. The minimum atomic E-state index is 0.566. The van der Waals surface area contributed by atoms with Crippen molar-refractivity contribution in [2.75, 3.05) is 0 Å². The van der Waals surface area contributed by atoms with Crippen LogP contribution in [-0.2, 0) is 0 Å². The molecule has 0 spiro atoms. The summed E-state index contributed by atoms with van der Waals surface area (Å²) in [7, 11) is 0. The molecule has 0 saturated heterocycles. The van der Waals surface area contributed by atoms with Crippen LogP contribution in [0.15, 0.2) is 167 Å². The Balaban J connectivity index is 1.26. The standard InChI is InChI=1S/C45H26N4O2/c1-3-13-27(14-4-1)43-46-44(32-19-11-23-36-39(32)31-18-8-10-22-35(31)50-36)48-45(47-43)33-20-12-24-37-40(33)41-38(51-37)26-25-30-29-17-7-9-21-34(29)49(42(30)41)28-15-5-2-6-16-28/h1-26H. The molecule has 0 aliphatic carbocycles. The van der Waals surface area contributed by atoms with Gasteiger partial charge in [0.25, 0.3) is 0 Å². The number of rotatable bonds is 4. The maximum atomic E-state index is 6.64. The van der Waals surface area contributed by atoms with Gasteiger partial charge in [-0.2, -0.15) is 0 Å². The first-order valence-electron chi connectivity index (χ1n) is 17.0. The second-order valence-corrected chi connectivity index (χ2v) is 12.8. The maximum Gasteiger partial charge on any atom is 0.164 e. The Bertz CT molecular complexity index is 3140. The zero-order valence-electron chi connectivity index (χ0n) is 27.1. The number of furan rings is 2. The number of nitrogens with zero attached hydrogens (tertiary/aromatic N) is 4. The molecule has 7 aromatic carbocycles. The lowest BCUT2D eigenvalue weighted by Crippen LogP contribution is -2.00. The van der Waals surface area contributed by atoms with E-state index in [1.165, 1.54) is 5.39 Å². The summed E-state index contributed by atoms with van der Waals surface area (Å²) in [5.74, 6) is 1.73. The summed E-state index contributed by atoms with van der Waals surface area (Å²) in [6.07, 6.45) is 0. The summed E-state index contributed by atoms with van der Waals surface area (Å²) >= 11 is 0. The molecule has 0 N–H and O–H groups in total. The lowest BCUT2D eigenvalue weighted by Gasteiger charge is -2.11. The molecule has 6 heteroatoms. The topological polar surface area (TPSA) is 69.9 Å². The number of para-hydroxylation sites is 3. The zero-order chi connectivity index (χ0) is 33.5. The van der Waals surface area contributed by atoms with Gasteiger partial charge in [-0.25, -0.2) is 15.0 Å². The average Bonchev–Trinajstić information content (AvgIpc) is 3.88. The highest BCUT2D eigenvalue weighted by molar-refractivity contribution is 6.26. The van der Waals surface area contributed by atoms with Crippen LogP contribution in [0.2, 0.25) is 0 Å². The molecule has 0 atom stereocenters. The van der Waals surface area contributed by atoms with Gasteiger partial charge < -0.3 is 13.4 Å². The normalized spacial score (nSPS) is 11.9. The summed E-state index contributed by atoms with van der Waals surface area (Å²) in [6, 6.07) is 53.7. The third kappa shape index (κ3) is 4.14. The van der Waals surface area contributed by atoms with Crippen LogP contribution in [0.3, 0.4) is 0 Å². The number of fused-ring (bicyclic) bond motifs is 10. The SMILES string of the molecule is c1ccc(-c2nc(-c3cccc4oc5ccccc5c34)nc(-c3cccc4oc5ccc6c7ccccc7n(-c7ccccc7)c6c5c34)n2)cc1. The molecule has 11 aromatic rings. The fourth-order valence-corrected chi connectivity index (χ4v) is 7.68. The first-order valence-corrected chi connectivity index (χ1v) is 17.0. The Labute approximate surface area is 290 Å². The lowest BCUT2D eigenvalue weighted by molar-refractivity contribution is 0.668. The number of aromatic nitrogens is 4. The molecular weight excluding hydrogens is 629 g/mol. The highest BCUT2D eigenvalue weighted by Crippen LogP contribution is 2.44. The molecule has 11 rings (SSSR count). The smallest absolute Gasteiger partial charge is 0.164 e. The van der Waals surface area contributed by atoms with Crippen molar-refractivity contribution in [3.05, 3.63) is 158 Å². The molecule has 0 amide bonds. The Morgan fingerprint density at radius 2 is 0.941 bits per heavy atom. The largest absolute Gasteiger partial charge is 0.456 e. The van der Waals surface area contributed by atoms with Gasteiger partial charge in [-0.15, -0.1) is 0 Å². The molecular formula is C45H26N4O2. The van der Waals surface area contributed by atoms with Crippen LogP contribution in [0.25, 0.3) is 106 Å². The van der Waals surface area contributed by atoms with Gasteiger partial charge in [0, 0.05) is 49.3 Å². The molecule has 238 valence electrons. The van der Waals surface area contributed by atoms with Crippen LogP contribution in [0.5, 0.6) is 0 Å². The summed E-state index contributed by atoms with van der Waals surface area (Å²) in [5, 5.41) is 6.31. The number of benzene rings is 7. The molecule has 0 aliphatic rings. The molecule has 0 saturated carbocycles. The Hall–Kier alpha value is -7.05. The van der Waals surface area contributed by atoms with E-state index in [0.717, 1.165) is 82.7 Å². The quantitative estimate of drug-likeness (QED) is 0.189. The molecule has 51 heavy (non-hydrogen) atoms. The van der Waals surface area contributed by atoms with Crippen LogP contribution in [0, 0.1) is 0 Å². The van der Waals surface area contributed by atoms with Crippen molar-refractivity contribution in [1.82, 2.24) is 19.5 Å². The van der Waals surface area contributed by atoms with E-state index in [1.54, 1.807) is 0 Å². The van der Waals surface area contributed by atoms with Crippen molar-refractivity contribution in [2.24, 2.45) is 0 Å². The summed E-state index contributed by atoms with van der Waals surface area (Å²) in [5.41, 5.74) is 9.14. The predicted octanol–water partition coefficient (Wildman–Crippen LogP) is 11.8. The molecule has 0 fully saturated rings. The predicted molar refractivity (Wildman–Crippen MR) is 205 cm³/mol. The van der Waals surface area contributed by atoms with Gasteiger partial charge in [0.15, 0.2) is 17.5 Å². The van der Waals surface area contributed by atoms with E-state index in [4.69, 9.17) is 23.8 Å². The van der Waals surface area contributed by atoms with Gasteiger partial charge in [0.1, 0.15) is 22.3 Å². The Kier molecular flexibility index (Phi) is 5.86. The van der Waals surface area contributed by atoms with E-state index in [9.17, 15) is 0 Å². The van der Waals surface area contributed by atoms with Crippen LogP contribution >= 0.6 is 0 Å². The van der Waals surface area contributed by atoms with Crippen LogP contribution in [-0.4, -0.2) is 19.5 Å². The third-order valence-corrected chi connectivity index (χ3v) is 9.86. The summed E-state index contributed by atoms with van der Waals surface area (Å²) in [4.78, 5) is 15.5. The van der Waals surface area contributed by atoms with Crippen LogP contribution in [0.1, 0.15) is 0 Å². The molecule has 0 radical (unpaired) electrons. The second kappa shape index (κ2) is 10.7. The molecule has 0 aliphatic heterocycles. The summed E-state index contributed by atoms with van der Waals surface area (Å²) < 4.78 is 15.3. The van der Waals surface area contributed by atoms with Crippen LogP contribution < -0.4 is 0 Å². The molecule has 4 aromatic heterocycles. The van der Waals surface area contributed by atoms with Crippen molar-refractivity contribution in [3.8, 4) is 39.9 Å². The minimum absolute atomic E-state index is 0.566. The molecule has 0 bridgehead atoms. The van der Waals surface area contributed by atoms with E-state index in [1.807, 2.05) is 78.9 Å². The minimum Gasteiger partial charge on any atom is -0.456 e. The molecule has 4 heterocycles. The van der Waals surface area contributed by atoms with Crippen molar-refractivity contribution in [3.63, 3.8) is 0 Å². The first kappa shape index (κ1) is 27.9. The lowest BCUT2D eigenvalue weighted by atomic mass is 10.0. The Morgan fingerprint density at radius 3 is 1.73 bits per heavy atom. The van der Waals surface area contributed by atoms with Gasteiger partial charge in [-0.1, -0.05) is 109 Å². The molecule has 6 nitrogen and oxygen atoms in total. The van der Waals surface area contributed by atoms with Crippen molar-refractivity contribution < 1.29 is 8.83 Å². The fraction of sp³-hybridized carbons (Fsp3) is 0. The zero-order valence-corrected chi connectivity index (χ0v) is 27.1. The van der Waals surface area contributed by atoms with E-state index >= 15 is 0 Å². The van der Waals surface area contributed by atoms with Gasteiger partial charge in [-0.05, 0) is 48.5 Å². The second-order valence-electron chi connectivity index (χ2n) is 12.8. The maximum absolute atomic E-state index is 6.64. The van der Waals surface area contributed by atoms with Gasteiger partial charge in [-0.3, -0.25) is 0 Å². The summed E-state index contributed by atoms with van der Waals surface area (Å²) in [6.45, 7) is 0. The third-order valence-electron chi connectivity index (χ3n) is 9.86. The van der Waals surface area contributed by atoms with Gasteiger partial charge >= 0.3 is 0 Å². The first-order chi connectivity index (χ1) is 25.3. The van der Waals surface area contributed by atoms with Gasteiger partial charge in [0.2, 0.25) is 0 Å². The van der Waals surface area contributed by atoms with Crippen molar-refractivity contribution in [1.29, 1.82) is 0 Å². The van der Waals surface area contributed by atoms with Gasteiger partial charge in [0.05, 0.1) is 16.4 Å². The average molecular weight is 655 g/mol. The van der Waals surface area contributed by atoms with E-state index in [0.29, 0.717) is 17.5 Å². The van der Waals surface area contributed by atoms with Crippen molar-refractivity contribution >= 4 is 65.7 Å². The highest BCUT2D eigenvalue weighted by atomic mass is 16.3. The molecule has 0 unspecified atom stereocenters. The number of hydrogen-bond donors (Lipinski definition) is 0. The van der Waals surface area contributed by atoms with Crippen LogP contribution in [0.4, 0.5) is 0 Å².